The molecule has 0 bridgehead atoms. The van der Waals surface area contributed by atoms with Crippen molar-refractivity contribution < 1.29 is 17.9 Å². The number of fused-ring (bicyclic) bond motifs is 3. The van der Waals surface area contributed by atoms with Crippen LogP contribution in [0.25, 0.3) is 32.8 Å². The number of hydrogen-bond donors (Lipinski definition) is 1. The molecule has 1 fully saturated rings. The number of nitrogens with one attached hydrogen (secondary N) is 1. The molecule has 1 N–H and O–H groups in total. The van der Waals surface area contributed by atoms with E-state index in [-0.39, 0.29) is 23.6 Å². The summed E-state index contributed by atoms with van der Waals surface area (Å²) < 4.78 is 43.9. The van der Waals surface area contributed by atoms with Gasteiger partial charge in [-0.15, -0.1) is 4.40 Å². The summed E-state index contributed by atoms with van der Waals surface area (Å²) in [4.78, 5) is 15.9. The molecule has 0 spiro atoms. The Morgan fingerprint density at radius 1 is 1.14 bits per heavy atom. The first kappa shape index (κ1) is 23.4. The lowest BCUT2D eigenvalue weighted by molar-refractivity contribution is -0.0909. The number of nitrogens with zero attached hydrogens (tertiary/aromatic N) is 4. The Hall–Kier alpha value is -3.38. The van der Waals surface area contributed by atoms with Gasteiger partial charge in [-0.25, -0.2) is 0 Å². The SMILES string of the molecule is CN(C[C@@H]1COCCO1)S(=O)(=O)/N=c1\ccccc2c1[nH]c(=O)c1cc(-c3cnn(C)c3)ccc12. The van der Waals surface area contributed by atoms with Gasteiger partial charge in [-0.05, 0) is 23.1 Å². The molecule has 2 aromatic carbocycles. The van der Waals surface area contributed by atoms with Crippen molar-refractivity contribution >= 4 is 31.9 Å². The van der Waals surface area contributed by atoms with Crippen LogP contribution >= 0.6 is 0 Å². The van der Waals surface area contributed by atoms with E-state index in [1.807, 2.05) is 37.5 Å². The molecule has 1 saturated heterocycles. The van der Waals surface area contributed by atoms with Gasteiger partial charge in [0.15, 0.2) is 0 Å². The number of aromatic amines is 1. The Morgan fingerprint density at radius 2 is 1.97 bits per heavy atom. The summed E-state index contributed by atoms with van der Waals surface area (Å²) in [5.41, 5.74) is 1.76. The molecule has 4 aromatic rings. The molecular weight excluding hydrogens is 470 g/mol. The average molecular weight is 496 g/mol. The van der Waals surface area contributed by atoms with Crippen molar-refractivity contribution in [1.29, 1.82) is 0 Å². The summed E-state index contributed by atoms with van der Waals surface area (Å²) in [6.07, 6.45) is 3.25. The van der Waals surface area contributed by atoms with Crippen molar-refractivity contribution in [2.75, 3.05) is 33.4 Å². The van der Waals surface area contributed by atoms with Crippen LogP contribution in [0.5, 0.6) is 0 Å². The number of benzene rings is 1. The van der Waals surface area contributed by atoms with E-state index >= 15 is 0 Å². The van der Waals surface area contributed by atoms with Crippen LogP contribution in [0.15, 0.2) is 64.1 Å². The van der Waals surface area contributed by atoms with Crippen LogP contribution in [-0.4, -0.2) is 67.0 Å². The molecule has 2 aromatic heterocycles. The summed E-state index contributed by atoms with van der Waals surface area (Å²) in [7, 11) is -0.774. The molecule has 1 aliphatic rings. The highest BCUT2D eigenvalue weighted by molar-refractivity contribution is 7.87. The molecule has 11 heteroatoms. The molecule has 0 unspecified atom stereocenters. The molecule has 5 rings (SSSR count). The van der Waals surface area contributed by atoms with Gasteiger partial charge in [-0.1, -0.05) is 30.3 Å². The van der Waals surface area contributed by atoms with Crippen LogP contribution in [0.2, 0.25) is 0 Å². The highest BCUT2D eigenvalue weighted by Gasteiger charge is 2.23. The molecule has 1 atom stereocenters. The molecule has 1 aliphatic heterocycles. The highest BCUT2D eigenvalue weighted by atomic mass is 32.2. The topological polar surface area (TPSA) is 119 Å². The predicted molar refractivity (Wildman–Crippen MR) is 132 cm³/mol. The Bertz CT molecular complexity index is 1640. The van der Waals surface area contributed by atoms with E-state index in [0.717, 1.165) is 15.4 Å². The molecule has 35 heavy (non-hydrogen) atoms. The third-order valence-corrected chi connectivity index (χ3v) is 7.30. The number of H-pyrrole nitrogens is 1. The second-order valence-electron chi connectivity index (χ2n) is 8.43. The molecule has 182 valence electrons. The summed E-state index contributed by atoms with van der Waals surface area (Å²) in [6, 6.07) is 12.5. The van der Waals surface area contributed by atoms with Crippen molar-refractivity contribution in [3.05, 3.63) is 70.6 Å². The van der Waals surface area contributed by atoms with Crippen molar-refractivity contribution in [1.82, 2.24) is 19.1 Å². The number of aryl methyl sites for hydroxylation is 1. The lowest BCUT2D eigenvalue weighted by Crippen LogP contribution is -2.40. The number of likely N-dealkylation sites (N-methyl/N-ethyl adjacent to an activating group) is 1. The van der Waals surface area contributed by atoms with E-state index in [0.29, 0.717) is 41.5 Å². The number of aromatic nitrogens is 3. The predicted octanol–water partition coefficient (Wildman–Crippen LogP) is 1.57. The standard InChI is InChI=1S/C24H25N5O5S/c1-28-13-17(12-25-28)16-7-8-19-20-5-3-4-6-22(23(20)26-24(30)21(19)11-16)27-35(31,32)29(2)14-18-15-33-9-10-34-18/h3-8,11-13,18H,9-10,14-15H2,1-2H3,(H,26,30)/b27-22+/t18-/m1/s1. The van der Waals surface area contributed by atoms with E-state index in [4.69, 9.17) is 9.47 Å². The third-order valence-electron chi connectivity index (χ3n) is 5.94. The minimum atomic E-state index is -4.05. The van der Waals surface area contributed by atoms with Crippen LogP contribution in [0, 0.1) is 0 Å². The first-order valence-electron chi connectivity index (χ1n) is 11.1. The molecule has 0 radical (unpaired) electrons. The van der Waals surface area contributed by atoms with Crippen molar-refractivity contribution in [2.45, 2.75) is 6.10 Å². The molecule has 0 saturated carbocycles. The highest BCUT2D eigenvalue weighted by Crippen LogP contribution is 2.25. The number of hydrogen-bond acceptors (Lipinski definition) is 6. The van der Waals surface area contributed by atoms with E-state index < -0.39 is 10.2 Å². The summed E-state index contributed by atoms with van der Waals surface area (Å²) in [5.74, 6) is 0. The van der Waals surface area contributed by atoms with Gasteiger partial charge in [0.1, 0.15) is 5.36 Å². The van der Waals surface area contributed by atoms with Crippen molar-refractivity contribution in [2.24, 2.45) is 11.4 Å². The number of ether oxygens (including phenoxy) is 2. The van der Waals surface area contributed by atoms with E-state index in [2.05, 4.69) is 14.5 Å². The van der Waals surface area contributed by atoms with Gasteiger partial charge in [0.25, 0.3) is 5.56 Å². The Labute approximate surface area is 201 Å². The van der Waals surface area contributed by atoms with Gasteiger partial charge < -0.3 is 14.5 Å². The van der Waals surface area contributed by atoms with E-state index in [9.17, 15) is 13.2 Å². The zero-order valence-corrected chi connectivity index (χ0v) is 20.2. The second-order valence-corrected chi connectivity index (χ2v) is 10.1. The normalized spacial score (nSPS) is 17.5. The summed E-state index contributed by atoms with van der Waals surface area (Å²) in [6.45, 7) is 1.35. The Morgan fingerprint density at radius 3 is 2.71 bits per heavy atom. The smallest absolute Gasteiger partial charge is 0.322 e. The molecule has 0 amide bonds. The molecule has 10 nitrogen and oxygen atoms in total. The van der Waals surface area contributed by atoms with Crippen LogP contribution in [0.4, 0.5) is 0 Å². The monoisotopic (exact) mass is 495 g/mol. The zero-order valence-electron chi connectivity index (χ0n) is 19.3. The Kier molecular flexibility index (Phi) is 6.24. The van der Waals surface area contributed by atoms with Gasteiger partial charge in [-0.2, -0.15) is 17.8 Å². The quantitative estimate of drug-likeness (QED) is 0.449. The van der Waals surface area contributed by atoms with Crippen molar-refractivity contribution in [3.8, 4) is 11.1 Å². The third kappa shape index (κ3) is 4.76. The summed E-state index contributed by atoms with van der Waals surface area (Å²) >= 11 is 0. The maximum Gasteiger partial charge on any atom is 0.322 e. The first-order chi connectivity index (χ1) is 16.8. The average Bonchev–Trinajstić information content (AvgIpc) is 3.19. The van der Waals surface area contributed by atoms with E-state index in [1.165, 1.54) is 7.05 Å². The Balaban J connectivity index is 1.62. The van der Waals surface area contributed by atoms with Gasteiger partial charge in [0.2, 0.25) is 0 Å². The second kappa shape index (κ2) is 9.34. The molecule has 3 heterocycles. The first-order valence-corrected chi connectivity index (χ1v) is 12.5. The maximum absolute atomic E-state index is 13.1. The van der Waals surface area contributed by atoms with Gasteiger partial charge in [-0.3, -0.25) is 9.48 Å². The number of rotatable bonds is 5. The maximum atomic E-state index is 13.1. The van der Waals surface area contributed by atoms with Crippen molar-refractivity contribution in [3.63, 3.8) is 0 Å². The zero-order chi connectivity index (χ0) is 24.6. The lowest BCUT2D eigenvalue weighted by Gasteiger charge is -2.25. The largest absolute Gasteiger partial charge is 0.376 e. The fourth-order valence-corrected chi connectivity index (χ4v) is 5.04. The molecular formula is C24H25N5O5S. The van der Waals surface area contributed by atoms with Crippen LogP contribution < -0.4 is 10.9 Å². The van der Waals surface area contributed by atoms with Gasteiger partial charge >= 0.3 is 10.2 Å². The van der Waals surface area contributed by atoms with Crippen LogP contribution in [0.1, 0.15) is 0 Å². The number of pyridine rings is 1. The van der Waals surface area contributed by atoms with Gasteiger partial charge in [0.05, 0.1) is 37.6 Å². The van der Waals surface area contributed by atoms with Crippen LogP contribution in [0.3, 0.4) is 0 Å². The fraction of sp³-hybridized carbons (Fsp3) is 0.292. The van der Waals surface area contributed by atoms with Crippen LogP contribution in [-0.2, 0) is 26.7 Å². The minimum Gasteiger partial charge on any atom is -0.376 e. The van der Waals surface area contributed by atoms with E-state index in [1.54, 1.807) is 29.1 Å². The molecule has 0 aliphatic carbocycles. The summed E-state index contributed by atoms with van der Waals surface area (Å²) in [5, 5.41) is 6.21. The van der Waals surface area contributed by atoms with Gasteiger partial charge in [0, 0.05) is 43.2 Å². The minimum absolute atomic E-state index is 0.110. The lowest BCUT2D eigenvalue weighted by atomic mass is 10.0. The fourth-order valence-electron chi connectivity index (χ4n) is 4.15.